The molecule has 3 rings (SSSR count). The number of hydrogen-bond donors (Lipinski definition) is 2. The summed E-state index contributed by atoms with van der Waals surface area (Å²) in [5.74, 6) is 0.131. The molecule has 8 nitrogen and oxygen atoms in total. The van der Waals surface area contributed by atoms with Gasteiger partial charge in [0.15, 0.2) is 6.61 Å². The number of amides is 1. The first kappa shape index (κ1) is 18.7. The maximum atomic E-state index is 12.3. The van der Waals surface area contributed by atoms with E-state index in [0.717, 1.165) is 37.6 Å². The molecule has 2 aromatic carbocycles. The van der Waals surface area contributed by atoms with Crippen LogP contribution in [0.2, 0.25) is 0 Å². The van der Waals surface area contributed by atoms with Gasteiger partial charge in [0.2, 0.25) is 0 Å². The third kappa shape index (κ3) is 4.95. The van der Waals surface area contributed by atoms with Crippen LogP contribution in [0.3, 0.4) is 0 Å². The minimum atomic E-state index is -0.479. The van der Waals surface area contributed by atoms with Gasteiger partial charge >= 0.3 is 0 Å². The molecule has 0 bridgehead atoms. The molecule has 0 aromatic heterocycles. The molecule has 1 aliphatic rings. The minimum Gasteiger partial charge on any atom is -0.484 e. The number of benzene rings is 2. The summed E-state index contributed by atoms with van der Waals surface area (Å²) in [5.41, 5.74) is 1.75. The molecule has 0 atom stereocenters. The molecule has 0 spiro atoms. The monoisotopic (exact) mass is 371 g/mol. The summed E-state index contributed by atoms with van der Waals surface area (Å²) < 4.78 is 5.42. The largest absolute Gasteiger partial charge is 0.484 e. The van der Waals surface area contributed by atoms with Gasteiger partial charge in [-0.05, 0) is 24.3 Å². The van der Waals surface area contributed by atoms with Crippen molar-refractivity contribution in [2.24, 2.45) is 0 Å². The fraction of sp³-hybridized carbons (Fsp3) is 0.316. The first-order valence-corrected chi connectivity index (χ1v) is 8.85. The molecule has 0 saturated carbocycles. The molecule has 0 unspecified atom stereocenters. The Morgan fingerprint density at radius 1 is 1.19 bits per heavy atom. The van der Waals surface area contributed by atoms with Crippen molar-refractivity contribution in [2.75, 3.05) is 50.1 Å². The van der Waals surface area contributed by atoms with Crippen LogP contribution < -0.4 is 19.9 Å². The molecule has 142 valence electrons. The summed E-state index contributed by atoms with van der Waals surface area (Å²) in [7, 11) is 2.18. The average Bonchev–Trinajstić information content (AvgIpc) is 2.68. The zero-order valence-electron chi connectivity index (χ0n) is 15.2. The van der Waals surface area contributed by atoms with Gasteiger partial charge in [-0.25, -0.2) is 0 Å². The molecule has 27 heavy (non-hydrogen) atoms. The number of likely N-dealkylation sites (N-methyl/N-ethyl adjacent to an activating group) is 1. The van der Waals surface area contributed by atoms with Gasteiger partial charge in [0.1, 0.15) is 5.75 Å². The predicted octanol–water partition coefficient (Wildman–Crippen LogP) is 0.947. The van der Waals surface area contributed by atoms with Crippen LogP contribution in [0, 0.1) is 10.1 Å². The van der Waals surface area contributed by atoms with E-state index in [-0.39, 0.29) is 18.2 Å². The van der Waals surface area contributed by atoms with Crippen LogP contribution in [-0.2, 0) is 4.79 Å². The summed E-state index contributed by atoms with van der Waals surface area (Å²) in [6.07, 6.45) is 0. The van der Waals surface area contributed by atoms with Crippen LogP contribution >= 0.6 is 0 Å². The Bertz CT molecular complexity index is 802. The van der Waals surface area contributed by atoms with Crippen molar-refractivity contribution in [3.05, 3.63) is 58.6 Å². The van der Waals surface area contributed by atoms with Crippen molar-refractivity contribution in [1.82, 2.24) is 0 Å². The van der Waals surface area contributed by atoms with Gasteiger partial charge in [-0.15, -0.1) is 0 Å². The van der Waals surface area contributed by atoms with Gasteiger partial charge in [0, 0.05) is 12.1 Å². The smallest absolute Gasteiger partial charge is 0.269 e. The molecule has 8 heteroatoms. The van der Waals surface area contributed by atoms with Gasteiger partial charge in [0.05, 0.1) is 49.5 Å². The van der Waals surface area contributed by atoms with Crippen LogP contribution in [0.15, 0.2) is 48.5 Å². The normalized spacial score (nSPS) is 14.6. The van der Waals surface area contributed by atoms with Crippen LogP contribution in [0.5, 0.6) is 5.75 Å². The molecule has 1 aliphatic heterocycles. The highest BCUT2D eigenvalue weighted by Crippen LogP contribution is 2.25. The molecule has 1 amide bonds. The minimum absolute atomic E-state index is 0.0188. The van der Waals surface area contributed by atoms with E-state index in [9.17, 15) is 14.9 Å². The lowest BCUT2D eigenvalue weighted by Gasteiger charge is -2.33. The highest BCUT2D eigenvalue weighted by molar-refractivity contribution is 5.95. The Hall–Kier alpha value is -3.13. The Balaban J connectivity index is 1.58. The molecule has 1 saturated heterocycles. The van der Waals surface area contributed by atoms with Crippen LogP contribution in [0.1, 0.15) is 0 Å². The Kier molecular flexibility index (Phi) is 5.87. The van der Waals surface area contributed by atoms with E-state index < -0.39 is 4.92 Å². The maximum absolute atomic E-state index is 12.3. The van der Waals surface area contributed by atoms with Gasteiger partial charge in [-0.1, -0.05) is 12.1 Å². The van der Waals surface area contributed by atoms with E-state index in [2.05, 4.69) is 17.3 Å². The number of nitrogens with one attached hydrogen (secondary N) is 2. The van der Waals surface area contributed by atoms with Gasteiger partial charge < -0.3 is 19.9 Å². The van der Waals surface area contributed by atoms with E-state index >= 15 is 0 Å². The lowest BCUT2D eigenvalue weighted by molar-refractivity contribution is -0.880. The van der Waals surface area contributed by atoms with Crippen molar-refractivity contribution in [1.29, 1.82) is 0 Å². The fourth-order valence-corrected chi connectivity index (χ4v) is 2.98. The lowest BCUT2D eigenvalue weighted by atomic mass is 10.2. The highest BCUT2D eigenvalue weighted by Gasteiger charge is 2.19. The number of ether oxygens (including phenoxy) is 1. The number of carbonyl (C=O) groups excluding carboxylic acids is 1. The van der Waals surface area contributed by atoms with Crippen LogP contribution in [0.4, 0.5) is 17.1 Å². The maximum Gasteiger partial charge on any atom is 0.269 e. The van der Waals surface area contributed by atoms with E-state index in [4.69, 9.17) is 4.74 Å². The molecule has 2 N–H and O–H groups in total. The van der Waals surface area contributed by atoms with Crippen molar-refractivity contribution in [3.63, 3.8) is 0 Å². The number of anilines is 2. The summed E-state index contributed by atoms with van der Waals surface area (Å²) in [4.78, 5) is 26.2. The number of nitro benzene ring substituents is 1. The van der Waals surface area contributed by atoms with Crippen molar-refractivity contribution in [3.8, 4) is 5.75 Å². The second-order valence-electron chi connectivity index (χ2n) is 6.55. The first-order chi connectivity index (χ1) is 13.0. The Morgan fingerprint density at radius 2 is 1.85 bits per heavy atom. The second kappa shape index (κ2) is 8.50. The predicted molar refractivity (Wildman–Crippen MR) is 102 cm³/mol. The Morgan fingerprint density at radius 3 is 2.52 bits per heavy atom. The third-order valence-electron chi connectivity index (χ3n) is 4.55. The van der Waals surface area contributed by atoms with E-state index in [1.165, 1.54) is 29.2 Å². The highest BCUT2D eigenvalue weighted by atomic mass is 16.6. The fourth-order valence-electron chi connectivity index (χ4n) is 2.98. The van der Waals surface area contributed by atoms with E-state index in [0.29, 0.717) is 5.75 Å². The van der Waals surface area contributed by atoms with Crippen molar-refractivity contribution in [2.45, 2.75) is 0 Å². The molecule has 0 radical (unpaired) electrons. The van der Waals surface area contributed by atoms with Crippen LogP contribution in [0.25, 0.3) is 0 Å². The number of para-hydroxylation sites is 2. The number of rotatable bonds is 6. The summed E-state index contributed by atoms with van der Waals surface area (Å²) in [6.45, 7) is 3.84. The number of carbonyl (C=O) groups is 1. The quantitative estimate of drug-likeness (QED) is 0.583. The number of piperazine rings is 1. The average molecular weight is 371 g/mol. The number of hydrogen-bond acceptors (Lipinski definition) is 5. The first-order valence-electron chi connectivity index (χ1n) is 8.85. The number of nitro groups is 1. The molecule has 1 heterocycles. The van der Waals surface area contributed by atoms with Crippen molar-refractivity contribution < 1.29 is 19.4 Å². The van der Waals surface area contributed by atoms with Gasteiger partial charge in [0.25, 0.3) is 11.6 Å². The van der Waals surface area contributed by atoms with Crippen molar-refractivity contribution >= 4 is 23.0 Å². The number of quaternary nitrogens is 1. The molecule has 1 fully saturated rings. The zero-order chi connectivity index (χ0) is 19.2. The molecule has 2 aromatic rings. The number of non-ortho nitro benzene ring substituents is 1. The standard InChI is InChI=1S/C19H22N4O4/c1-21-10-12-22(13-11-21)18-5-3-2-4-17(18)20-19(24)14-27-16-8-6-15(7-9-16)23(25)26/h2-9H,10-14H2,1H3,(H,20,24)/p+1. The topological polar surface area (TPSA) is 89.2 Å². The molecular weight excluding hydrogens is 348 g/mol. The summed E-state index contributed by atoms with van der Waals surface area (Å²) in [5, 5.41) is 13.6. The zero-order valence-corrected chi connectivity index (χ0v) is 15.2. The van der Waals surface area contributed by atoms with Gasteiger partial charge in [-0.2, -0.15) is 0 Å². The Labute approximate surface area is 157 Å². The lowest BCUT2D eigenvalue weighted by Crippen LogP contribution is -3.12. The summed E-state index contributed by atoms with van der Waals surface area (Å²) >= 11 is 0. The molecule has 0 aliphatic carbocycles. The van der Waals surface area contributed by atoms with E-state index in [1.807, 2.05) is 24.3 Å². The second-order valence-corrected chi connectivity index (χ2v) is 6.55. The van der Waals surface area contributed by atoms with Crippen LogP contribution in [-0.4, -0.2) is 50.7 Å². The summed E-state index contributed by atoms with van der Waals surface area (Å²) in [6, 6.07) is 13.4. The molecular formula is C19H23N4O4+. The number of nitrogens with zero attached hydrogens (tertiary/aromatic N) is 2. The SMILES string of the molecule is C[NH+]1CCN(c2ccccc2NC(=O)COc2ccc([N+](=O)[O-])cc2)CC1. The third-order valence-corrected chi connectivity index (χ3v) is 4.55. The van der Waals surface area contributed by atoms with Gasteiger partial charge in [-0.3, -0.25) is 14.9 Å². The van der Waals surface area contributed by atoms with E-state index in [1.54, 1.807) is 0 Å².